The van der Waals surface area contributed by atoms with E-state index in [1.165, 1.54) is 10.5 Å². The highest BCUT2D eigenvalue weighted by molar-refractivity contribution is 5.98. The first-order valence-electron chi connectivity index (χ1n) is 10.2. The van der Waals surface area contributed by atoms with Crippen molar-refractivity contribution in [3.8, 4) is 0 Å². The molecular weight excluding hydrogens is 454 g/mol. The molecule has 3 heterocycles. The van der Waals surface area contributed by atoms with Crippen molar-refractivity contribution in [3.05, 3.63) is 47.5 Å². The van der Waals surface area contributed by atoms with E-state index in [9.17, 15) is 31.1 Å². The highest BCUT2D eigenvalue weighted by atomic mass is 19.4. The first-order chi connectivity index (χ1) is 15.4. The van der Waals surface area contributed by atoms with Gasteiger partial charge in [-0.3, -0.25) is 9.48 Å². The summed E-state index contributed by atoms with van der Waals surface area (Å²) in [7, 11) is 0. The number of nitrogens with one attached hydrogen (secondary N) is 1. The van der Waals surface area contributed by atoms with Crippen LogP contribution >= 0.6 is 0 Å². The molecule has 4 rings (SSSR count). The molecule has 0 radical (unpaired) electrons. The maximum atomic E-state index is 13.0. The predicted molar refractivity (Wildman–Crippen MR) is 105 cm³/mol. The molecule has 0 spiro atoms. The normalized spacial score (nSPS) is 19.7. The van der Waals surface area contributed by atoms with Crippen LogP contribution in [-0.2, 0) is 12.7 Å². The van der Waals surface area contributed by atoms with Gasteiger partial charge >= 0.3 is 12.4 Å². The van der Waals surface area contributed by atoms with E-state index in [1.807, 2.05) is 0 Å². The largest absolute Gasteiger partial charge is 0.434 e. The van der Waals surface area contributed by atoms with Crippen LogP contribution in [0.15, 0.2) is 30.6 Å². The number of halogens is 6. The summed E-state index contributed by atoms with van der Waals surface area (Å²) in [6.45, 7) is -1.36. The minimum absolute atomic E-state index is 0.0308. The number of anilines is 1. The van der Waals surface area contributed by atoms with E-state index in [-0.39, 0.29) is 29.0 Å². The summed E-state index contributed by atoms with van der Waals surface area (Å²) in [6, 6.07) is 4.68. The smallest absolute Gasteiger partial charge is 0.382 e. The number of aromatic nitrogens is 4. The number of nitrogens with two attached hydrogens (primary N) is 1. The molecule has 33 heavy (non-hydrogen) atoms. The van der Waals surface area contributed by atoms with Gasteiger partial charge in [-0.25, -0.2) is 4.98 Å². The van der Waals surface area contributed by atoms with Gasteiger partial charge in [-0.2, -0.15) is 31.4 Å². The van der Waals surface area contributed by atoms with Crippen LogP contribution in [0.4, 0.5) is 32.2 Å². The Hall–Kier alpha value is -3.25. The molecule has 7 nitrogen and oxygen atoms in total. The molecule has 0 unspecified atom stereocenters. The Bertz CT molecular complexity index is 1160. The number of nitrogen functional groups attached to an aromatic ring is 1. The Balaban J connectivity index is 1.41. The van der Waals surface area contributed by atoms with Crippen molar-refractivity contribution in [2.24, 2.45) is 0 Å². The third-order valence-electron chi connectivity index (χ3n) is 5.67. The highest BCUT2D eigenvalue weighted by Gasteiger charge is 2.35. The zero-order valence-electron chi connectivity index (χ0n) is 17.1. The average molecular weight is 474 g/mol. The van der Waals surface area contributed by atoms with Crippen molar-refractivity contribution in [1.82, 2.24) is 24.5 Å². The summed E-state index contributed by atoms with van der Waals surface area (Å²) in [4.78, 5) is 16.1. The number of amides is 1. The lowest BCUT2D eigenvalue weighted by Gasteiger charge is -2.29. The van der Waals surface area contributed by atoms with Gasteiger partial charge in [0.2, 0.25) is 0 Å². The molecule has 3 aromatic heterocycles. The van der Waals surface area contributed by atoms with Crippen LogP contribution in [0.5, 0.6) is 0 Å². The fourth-order valence-corrected chi connectivity index (χ4v) is 4.17. The monoisotopic (exact) mass is 474 g/mol. The molecule has 178 valence electrons. The van der Waals surface area contributed by atoms with Gasteiger partial charge in [0.05, 0.1) is 0 Å². The third kappa shape index (κ3) is 5.06. The molecule has 0 aromatic carbocycles. The number of fused-ring (bicyclic) bond motifs is 1. The van der Waals surface area contributed by atoms with Gasteiger partial charge in [0.1, 0.15) is 17.8 Å². The number of carbonyl (C=O) groups is 1. The number of alkyl halides is 6. The van der Waals surface area contributed by atoms with E-state index in [4.69, 9.17) is 5.73 Å². The molecule has 0 saturated heterocycles. The van der Waals surface area contributed by atoms with Gasteiger partial charge in [0, 0.05) is 24.1 Å². The second kappa shape index (κ2) is 8.27. The van der Waals surface area contributed by atoms with Crippen molar-refractivity contribution in [2.75, 3.05) is 5.73 Å². The molecule has 0 bridgehead atoms. The zero-order chi connectivity index (χ0) is 24.0. The number of hydrogen-bond donors (Lipinski definition) is 2. The van der Waals surface area contributed by atoms with Crippen LogP contribution in [0.2, 0.25) is 0 Å². The van der Waals surface area contributed by atoms with Crippen LogP contribution in [0.1, 0.15) is 53.3 Å². The molecule has 1 saturated carbocycles. The molecule has 0 aliphatic heterocycles. The van der Waals surface area contributed by atoms with Crippen molar-refractivity contribution >= 4 is 17.4 Å². The van der Waals surface area contributed by atoms with E-state index >= 15 is 0 Å². The van der Waals surface area contributed by atoms with Gasteiger partial charge in [0.15, 0.2) is 11.5 Å². The van der Waals surface area contributed by atoms with Gasteiger partial charge < -0.3 is 15.5 Å². The van der Waals surface area contributed by atoms with Crippen molar-refractivity contribution in [1.29, 1.82) is 0 Å². The molecule has 1 aliphatic carbocycles. The summed E-state index contributed by atoms with van der Waals surface area (Å²) in [5.41, 5.74) is 5.42. The lowest BCUT2D eigenvalue weighted by Crippen LogP contribution is -2.37. The molecule has 1 amide bonds. The minimum atomic E-state index is -4.54. The Kier molecular flexibility index (Phi) is 5.74. The quantitative estimate of drug-likeness (QED) is 0.556. The fourth-order valence-electron chi connectivity index (χ4n) is 4.17. The van der Waals surface area contributed by atoms with Crippen molar-refractivity contribution < 1.29 is 31.1 Å². The Labute approximate surface area is 183 Å². The predicted octanol–water partition coefficient (Wildman–Crippen LogP) is 4.15. The first-order valence-corrected chi connectivity index (χ1v) is 10.2. The molecule has 3 aromatic rings. The number of pyridine rings is 1. The van der Waals surface area contributed by atoms with E-state index in [2.05, 4.69) is 15.4 Å². The minimum Gasteiger partial charge on any atom is -0.382 e. The zero-order valence-corrected chi connectivity index (χ0v) is 17.1. The summed E-state index contributed by atoms with van der Waals surface area (Å²) >= 11 is 0. The molecule has 1 fully saturated rings. The lowest BCUT2D eigenvalue weighted by molar-refractivity contribution is -0.142. The molecule has 1 aliphatic rings. The average Bonchev–Trinajstić information content (AvgIpc) is 3.30. The summed E-state index contributed by atoms with van der Waals surface area (Å²) < 4.78 is 78.7. The fraction of sp³-hybridized carbons (Fsp3) is 0.450. The second-order valence-corrected chi connectivity index (χ2v) is 8.07. The second-order valence-electron chi connectivity index (χ2n) is 8.07. The van der Waals surface area contributed by atoms with Crippen molar-refractivity contribution in [3.63, 3.8) is 0 Å². The Morgan fingerprint density at radius 1 is 1.09 bits per heavy atom. The lowest BCUT2D eigenvalue weighted by atomic mass is 9.83. The number of nitrogens with zero attached hydrogens (tertiary/aromatic N) is 4. The number of rotatable bonds is 4. The highest BCUT2D eigenvalue weighted by Crippen LogP contribution is 2.35. The van der Waals surface area contributed by atoms with Gasteiger partial charge in [-0.15, -0.1) is 0 Å². The number of carbonyl (C=O) groups excluding carboxylic acids is 1. The topological polar surface area (TPSA) is 90.2 Å². The van der Waals surface area contributed by atoms with Crippen LogP contribution in [0, 0.1) is 0 Å². The third-order valence-corrected chi connectivity index (χ3v) is 5.67. The Morgan fingerprint density at radius 3 is 2.42 bits per heavy atom. The van der Waals surface area contributed by atoms with E-state index in [0.29, 0.717) is 36.1 Å². The van der Waals surface area contributed by atoms with Crippen LogP contribution in [0.25, 0.3) is 5.65 Å². The van der Waals surface area contributed by atoms with Gasteiger partial charge in [-0.1, -0.05) is 6.07 Å². The SMILES string of the molecule is Nc1nn(CC(F)(F)F)cc1C(=O)NC1CCC(c2cccc3nc(C(F)(F)F)cn23)CC1. The first kappa shape index (κ1) is 22.9. The van der Waals surface area contributed by atoms with E-state index in [0.717, 1.165) is 12.4 Å². The van der Waals surface area contributed by atoms with Crippen LogP contribution in [-0.4, -0.2) is 37.3 Å². The van der Waals surface area contributed by atoms with Gasteiger partial charge in [0.25, 0.3) is 5.91 Å². The maximum absolute atomic E-state index is 13.0. The van der Waals surface area contributed by atoms with Gasteiger partial charge in [-0.05, 0) is 43.7 Å². The summed E-state index contributed by atoms with van der Waals surface area (Å²) in [6.07, 6.45) is -4.79. The molecule has 3 N–H and O–H groups in total. The summed E-state index contributed by atoms with van der Waals surface area (Å²) in [5, 5.41) is 6.30. The molecule has 13 heteroatoms. The van der Waals surface area contributed by atoms with E-state index < -0.39 is 30.5 Å². The maximum Gasteiger partial charge on any atom is 0.434 e. The van der Waals surface area contributed by atoms with Crippen LogP contribution < -0.4 is 11.1 Å². The van der Waals surface area contributed by atoms with Crippen LogP contribution in [0.3, 0.4) is 0 Å². The number of hydrogen-bond acceptors (Lipinski definition) is 4. The van der Waals surface area contributed by atoms with E-state index in [1.54, 1.807) is 12.1 Å². The Morgan fingerprint density at radius 2 is 1.79 bits per heavy atom. The molecule has 0 atom stereocenters. The molecular formula is C20H20F6N6O. The summed E-state index contributed by atoms with van der Waals surface area (Å²) in [5.74, 6) is -0.940. The number of imidazole rings is 1. The van der Waals surface area contributed by atoms with Crippen molar-refractivity contribution in [2.45, 2.75) is 56.5 Å². The standard InChI is InChI=1S/C20H20F6N6O/c21-19(22,23)10-31-8-13(17(27)30-31)18(33)28-12-6-4-11(5-7-12)14-2-1-3-16-29-15(9-32(14)16)20(24,25)26/h1-3,8-9,11-12H,4-7,10H2,(H2,27,30)(H,28,33).